The Bertz CT molecular complexity index is 858. The molecule has 7 heteroatoms. The summed E-state index contributed by atoms with van der Waals surface area (Å²) in [5.74, 6) is 1.21. The molecule has 0 radical (unpaired) electrons. The zero-order valence-corrected chi connectivity index (χ0v) is 15.2. The smallest absolute Gasteiger partial charge is 0.262 e. The summed E-state index contributed by atoms with van der Waals surface area (Å²) in [5.41, 5.74) is 2.28. The first-order chi connectivity index (χ1) is 13.1. The molecular weight excluding hydrogens is 344 g/mol. The number of hydrogen-bond donors (Lipinski definition) is 2. The van der Waals surface area contributed by atoms with Gasteiger partial charge in [0.15, 0.2) is 6.61 Å². The molecule has 1 fully saturated rings. The number of carbonyl (C=O) groups is 2. The molecule has 1 saturated heterocycles. The molecule has 0 bridgehead atoms. The number of amides is 2. The average molecular weight is 366 g/mol. The fourth-order valence-electron chi connectivity index (χ4n) is 3.38. The van der Waals surface area contributed by atoms with Gasteiger partial charge < -0.3 is 20.3 Å². The Hall–Kier alpha value is -3.09. The molecule has 1 aromatic heterocycles. The van der Waals surface area contributed by atoms with Crippen LogP contribution in [-0.4, -0.2) is 42.5 Å². The minimum absolute atomic E-state index is 0.0242. The number of anilines is 2. The van der Waals surface area contributed by atoms with Crippen LogP contribution in [0.4, 0.5) is 11.5 Å². The monoisotopic (exact) mass is 366 g/mol. The van der Waals surface area contributed by atoms with Crippen LogP contribution in [0, 0.1) is 6.92 Å². The van der Waals surface area contributed by atoms with Crippen LogP contribution in [0.1, 0.15) is 28.8 Å². The summed E-state index contributed by atoms with van der Waals surface area (Å²) in [4.78, 5) is 30.6. The van der Waals surface area contributed by atoms with Crippen molar-refractivity contribution in [1.29, 1.82) is 0 Å². The summed E-state index contributed by atoms with van der Waals surface area (Å²) in [6.45, 7) is 3.72. The predicted molar refractivity (Wildman–Crippen MR) is 102 cm³/mol. The maximum absolute atomic E-state index is 12.6. The first-order valence-corrected chi connectivity index (χ1v) is 9.14. The number of carbonyl (C=O) groups excluding carboxylic acids is 2. The minimum atomic E-state index is -0.186. The van der Waals surface area contributed by atoms with Crippen LogP contribution >= 0.6 is 0 Å². The quantitative estimate of drug-likeness (QED) is 0.869. The molecule has 0 aliphatic carbocycles. The van der Waals surface area contributed by atoms with E-state index in [9.17, 15) is 9.59 Å². The van der Waals surface area contributed by atoms with E-state index in [0.717, 1.165) is 37.3 Å². The summed E-state index contributed by atoms with van der Waals surface area (Å²) < 4.78 is 5.38. The molecule has 2 amide bonds. The first kappa shape index (κ1) is 17.3. The van der Waals surface area contributed by atoms with Crippen LogP contribution in [0.3, 0.4) is 0 Å². The Morgan fingerprint density at radius 1 is 1.26 bits per heavy atom. The number of rotatable bonds is 3. The van der Waals surface area contributed by atoms with Crippen LogP contribution in [0.15, 0.2) is 36.5 Å². The zero-order valence-electron chi connectivity index (χ0n) is 15.2. The molecule has 0 saturated carbocycles. The van der Waals surface area contributed by atoms with Gasteiger partial charge in [-0.15, -0.1) is 0 Å². The normalized spacial score (nSPS) is 16.9. The molecule has 7 nitrogen and oxygen atoms in total. The molecule has 3 heterocycles. The third-order valence-corrected chi connectivity index (χ3v) is 4.93. The van der Waals surface area contributed by atoms with E-state index < -0.39 is 0 Å². The molecule has 2 N–H and O–H groups in total. The van der Waals surface area contributed by atoms with Crippen molar-refractivity contribution in [1.82, 2.24) is 10.3 Å². The van der Waals surface area contributed by atoms with Crippen molar-refractivity contribution < 1.29 is 14.3 Å². The third kappa shape index (κ3) is 3.86. The van der Waals surface area contributed by atoms with Gasteiger partial charge in [-0.25, -0.2) is 4.98 Å². The van der Waals surface area contributed by atoms with Gasteiger partial charge in [0.25, 0.3) is 11.8 Å². The standard InChI is InChI=1S/C20H22N4O3/c1-13-2-5-18(21-11-13)24-8-6-15(7-9-24)22-20(26)14-3-4-16-17(10-14)27-12-19(25)23-16/h2-5,10-11,15H,6-9,12H2,1H3,(H,22,26)(H,23,25). The first-order valence-electron chi connectivity index (χ1n) is 9.14. The lowest BCUT2D eigenvalue weighted by Crippen LogP contribution is -2.45. The fraction of sp³-hybridized carbons (Fsp3) is 0.350. The lowest BCUT2D eigenvalue weighted by molar-refractivity contribution is -0.118. The van der Waals surface area contributed by atoms with Gasteiger partial charge in [0.2, 0.25) is 0 Å². The third-order valence-electron chi connectivity index (χ3n) is 4.93. The number of fused-ring (bicyclic) bond motifs is 1. The molecular formula is C20H22N4O3. The summed E-state index contributed by atoms with van der Waals surface area (Å²) in [7, 11) is 0. The minimum Gasteiger partial charge on any atom is -0.482 e. The van der Waals surface area contributed by atoms with E-state index in [1.807, 2.05) is 19.2 Å². The Labute approximate surface area is 157 Å². The summed E-state index contributed by atoms with van der Waals surface area (Å²) in [6.07, 6.45) is 3.63. The lowest BCUT2D eigenvalue weighted by Gasteiger charge is -2.33. The van der Waals surface area contributed by atoms with E-state index in [1.54, 1.807) is 18.2 Å². The van der Waals surface area contributed by atoms with Crippen LogP contribution < -0.4 is 20.3 Å². The second kappa shape index (κ2) is 7.26. The van der Waals surface area contributed by atoms with E-state index in [0.29, 0.717) is 17.0 Å². The highest BCUT2D eigenvalue weighted by Crippen LogP contribution is 2.28. The number of nitrogens with zero attached hydrogens (tertiary/aromatic N) is 2. The van der Waals surface area contributed by atoms with Crippen molar-refractivity contribution in [2.24, 2.45) is 0 Å². The van der Waals surface area contributed by atoms with Crippen molar-refractivity contribution in [3.63, 3.8) is 0 Å². The number of benzene rings is 1. The number of hydrogen-bond acceptors (Lipinski definition) is 5. The number of pyridine rings is 1. The van der Waals surface area contributed by atoms with Crippen LogP contribution in [-0.2, 0) is 4.79 Å². The molecule has 27 heavy (non-hydrogen) atoms. The summed E-state index contributed by atoms with van der Waals surface area (Å²) >= 11 is 0. The Morgan fingerprint density at radius 3 is 2.81 bits per heavy atom. The number of aromatic nitrogens is 1. The van der Waals surface area contributed by atoms with Crippen LogP contribution in [0.5, 0.6) is 5.75 Å². The van der Waals surface area contributed by atoms with Crippen molar-refractivity contribution in [3.8, 4) is 5.75 Å². The Balaban J connectivity index is 1.34. The van der Waals surface area contributed by atoms with E-state index in [4.69, 9.17) is 4.74 Å². The topological polar surface area (TPSA) is 83.6 Å². The second-order valence-corrected chi connectivity index (χ2v) is 6.98. The molecule has 4 rings (SSSR count). The van der Waals surface area contributed by atoms with Crippen molar-refractivity contribution >= 4 is 23.3 Å². The second-order valence-electron chi connectivity index (χ2n) is 6.98. The fourth-order valence-corrected chi connectivity index (χ4v) is 3.38. The molecule has 2 aliphatic heterocycles. The van der Waals surface area contributed by atoms with Gasteiger partial charge in [0.05, 0.1) is 5.69 Å². The molecule has 140 valence electrons. The molecule has 0 atom stereocenters. The van der Waals surface area contributed by atoms with Gasteiger partial charge in [-0.3, -0.25) is 9.59 Å². The van der Waals surface area contributed by atoms with Gasteiger partial charge in [-0.2, -0.15) is 0 Å². The van der Waals surface area contributed by atoms with E-state index in [2.05, 4.69) is 26.6 Å². The van der Waals surface area contributed by atoms with Gasteiger partial charge in [-0.1, -0.05) is 6.07 Å². The van der Waals surface area contributed by atoms with Gasteiger partial charge in [0, 0.05) is 30.9 Å². The molecule has 2 aliphatic rings. The maximum Gasteiger partial charge on any atom is 0.262 e. The van der Waals surface area contributed by atoms with E-state index >= 15 is 0 Å². The molecule has 0 unspecified atom stereocenters. The highest BCUT2D eigenvalue weighted by Gasteiger charge is 2.23. The largest absolute Gasteiger partial charge is 0.482 e. The van der Waals surface area contributed by atoms with Gasteiger partial charge in [0.1, 0.15) is 11.6 Å². The summed E-state index contributed by atoms with van der Waals surface area (Å²) in [6, 6.07) is 9.32. The van der Waals surface area contributed by atoms with Crippen LogP contribution in [0.2, 0.25) is 0 Å². The number of aryl methyl sites for hydroxylation is 1. The van der Waals surface area contributed by atoms with Crippen molar-refractivity contribution in [3.05, 3.63) is 47.7 Å². The Morgan fingerprint density at radius 2 is 2.07 bits per heavy atom. The number of nitrogens with one attached hydrogen (secondary N) is 2. The SMILES string of the molecule is Cc1ccc(N2CCC(NC(=O)c3ccc4c(c3)OCC(=O)N4)CC2)nc1. The van der Waals surface area contributed by atoms with Gasteiger partial charge >= 0.3 is 0 Å². The zero-order chi connectivity index (χ0) is 18.8. The molecule has 2 aromatic rings. The molecule has 0 spiro atoms. The number of piperidine rings is 1. The van der Waals surface area contributed by atoms with E-state index in [-0.39, 0.29) is 24.5 Å². The highest BCUT2D eigenvalue weighted by atomic mass is 16.5. The lowest BCUT2D eigenvalue weighted by atomic mass is 10.0. The van der Waals surface area contributed by atoms with Gasteiger partial charge in [-0.05, 0) is 49.6 Å². The Kier molecular flexibility index (Phi) is 4.66. The average Bonchev–Trinajstić information content (AvgIpc) is 2.69. The summed E-state index contributed by atoms with van der Waals surface area (Å²) in [5, 5.41) is 5.83. The number of ether oxygens (including phenoxy) is 1. The highest BCUT2D eigenvalue weighted by molar-refractivity contribution is 5.99. The van der Waals surface area contributed by atoms with E-state index in [1.165, 1.54) is 0 Å². The van der Waals surface area contributed by atoms with Crippen molar-refractivity contribution in [2.75, 3.05) is 29.9 Å². The predicted octanol–water partition coefficient (Wildman–Crippen LogP) is 2.12. The maximum atomic E-state index is 12.6. The molecule has 1 aromatic carbocycles. The van der Waals surface area contributed by atoms with Crippen LogP contribution in [0.25, 0.3) is 0 Å². The van der Waals surface area contributed by atoms with Crippen molar-refractivity contribution in [2.45, 2.75) is 25.8 Å².